The van der Waals surface area contributed by atoms with Gasteiger partial charge in [0, 0.05) is 27.2 Å². The van der Waals surface area contributed by atoms with E-state index in [9.17, 15) is 0 Å². The van der Waals surface area contributed by atoms with Crippen molar-refractivity contribution < 1.29 is 0 Å². The number of hydrogen-bond donors (Lipinski definition) is 2. The van der Waals surface area contributed by atoms with Crippen LogP contribution in [0.25, 0.3) is 82.7 Å². The monoisotopic (exact) mass is 718 g/mol. The highest BCUT2D eigenvalue weighted by atomic mass is 15.3. The Hall–Kier alpha value is -7.14. The fourth-order valence-corrected chi connectivity index (χ4v) is 8.74. The first kappa shape index (κ1) is 32.3. The molecule has 3 heterocycles. The van der Waals surface area contributed by atoms with E-state index in [0.717, 1.165) is 0 Å². The summed E-state index contributed by atoms with van der Waals surface area (Å²) < 4.78 is 4.78. The van der Waals surface area contributed by atoms with E-state index in [1.165, 1.54) is 88.2 Å². The molecule has 0 saturated carbocycles. The third kappa shape index (κ3) is 5.42. The second kappa shape index (κ2) is 13.3. The zero-order valence-electron chi connectivity index (χ0n) is 30.7. The van der Waals surface area contributed by atoms with Crippen LogP contribution in [0, 0.1) is 0 Å². The molecule has 1 aliphatic rings. The van der Waals surface area contributed by atoms with Gasteiger partial charge in [0.2, 0.25) is 0 Å². The minimum absolute atomic E-state index is 0.0324. The second-order valence-corrected chi connectivity index (χ2v) is 14.7. The average molecular weight is 719 g/mol. The van der Waals surface area contributed by atoms with E-state index in [1.54, 1.807) is 0 Å². The predicted octanol–water partition coefficient (Wildman–Crippen LogP) is 12.8. The SMILES string of the molecule is C1=CC(c2cccc(-c3ccc(-c4ccccc4)cc3)c2)NC(n2c3ccccc3c3cc(-c4ccc5c(c4)c4ccccc4n5-c4ccccc4)ccc32)N1. The molecule has 11 rings (SSSR count). The summed E-state index contributed by atoms with van der Waals surface area (Å²) in [6, 6.07) is 70.3. The highest BCUT2D eigenvalue weighted by Crippen LogP contribution is 2.38. The van der Waals surface area contributed by atoms with Crippen molar-refractivity contribution in [3.05, 3.63) is 212 Å². The van der Waals surface area contributed by atoms with Gasteiger partial charge in [-0.1, -0.05) is 140 Å². The molecule has 0 spiro atoms. The minimum Gasteiger partial charge on any atom is -0.359 e. The molecule has 4 heteroatoms. The maximum absolute atomic E-state index is 3.93. The van der Waals surface area contributed by atoms with Gasteiger partial charge in [0.15, 0.2) is 6.29 Å². The van der Waals surface area contributed by atoms with Gasteiger partial charge >= 0.3 is 0 Å². The molecule has 266 valence electrons. The predicted molar refractivity (Wildman–Crippen MR) is 234 cm³/mol. The van der Waals surface area contributed by atoms with Gasteiger partial charge in [0.05, 0.1) is 28.1 Å². The molecule has 1 aliphatic heterocycles. The van der Waals surface area contributed by atoms with Crippen molar-refractivity contribution in [2.75, 3.05) is 0 Å². The number of para-hydroxylation sites is 3. The van der Waals surface area contributed by atoms with Crippen LogP contribution >= 0.6 is 0 Å². The van der Waals surface area contributed by atoms with Crippen LogP contribution in [0.15, 0.2) is 206 Å². The van der Waals surface area contributed by atoms with Gasteiger partial charge in [-0.3, -0.25) is 5.32 Å². The lowest BCUT2D eigenvalue weighted by molar-refractivity contribution is 0.342. The van der Waals surface area contributed by atoms with Crippen molar-refractivity contribution in [1.29, 1.82) is 0 Å². The first-order chi connectivity index (χ1) is 27.8. The molecule has 0 saturated heterocycles. The Kier molecular flexibility index (Phi) is 7.68. The third-order valence-corrected chi connectivity index (χ3v) is 11.4. The van der Waals surface area contributed by atoms with Gasteiger partial charge in [-0.2, -0.15) is 0 Å². The summed E-state index contributed by atoms with van der Waals surface area (Å²) >= 11 is 0. The van der Waals surface area contributed by atoms with E-state index >= 15 is 0 Å². The first-order valence-corrected chi connectivity index (χ1v) is 19.3. The van der Waals surface area contributed by atoms with E-state index < -0.39 is 0 Å². The molecule has 2 unspecified atom stereocenters. The van der Waals surface area contributed by atoms with Crippen LogP contribution in [-0.4, -0.2) is 9.13 Å². The molecule has 0 radical (unpaired) electrons. The van der Waals surface area contributed by atoms with Crippen molar-refractivity contribution >= 4 is 43.6 Å². The lowest BCUT2D eigenvalue weighted by Gasteiger charge is -2.31. The van der Waals surface area contributed by atoms with E-state index in [1.807, 2.05) is 0 Å². The Morgan fingerprint density at radius 2 is 0.875 bits per heavy atom. The van der Waals surface area contributed by atoms with E-state index in [4.69, 9.17) is 0 Å². The Morgan fingerprint density at radius 3 is 1.62 bits per heavy atom. The zero-order valence-corrected chi connectivity index (χ0v) is 30.7. The molecule has 0 aliphatic carbocycles. The van der Waals surface area contributed by atoms with Gasteiger partial charge in [-0.05, 0) is 106 Å². The lowest BCUT2D eigenvalue weighted by Crippen LogP contribution is -2.40. The van der Waals surface area contributed by atoms with Crippen LogP contribution in [0.2, 0.25) is 0 Å². The third-order valence-electron chi connectivity index (χ3n) is 11.4. The quantitative estimate of drug-likeness (QED) is 0.179. The fourth-order valence-electron chi connectivity index (χ4n) is 8.74. The van der Waals surface area contributed by atoms with Crippen LogP contribution in [0.1, 0.15) is 17.9 Å². The topological polar surface area (TPSA) is 33.9 Å². The molecular weight excluding hydrogens is 681 g/mol. The molecule has 0 bridgehead atoms. The summed E-state index contributed by atoms with van der Waals surface area (Å²) in [5.41, 5.74) is 14.5. The van der Waals surface area contributed by atoms with Crippen LogP contribution in [-0.2, 0) is 0 Å². The number of benzene rings is 8. The second-order valence-electron chi connectivity index (χ2n) is 14.7. The summed E-state index contributed by atoms with van der Waals surface area (Å²) in [5.74, 6) is 0. The number of aromatic nitrogens is 2. The Balaban J connectivity index is 0.938. The van der Waals surface area contributed by atoms with Crippen molar-refractivity contribution in [3.8, 4) is 39.1 Å². The normalized spacial score (nSPS) is 15.5. The number of nitrogens with zero attached hydrogens (tertiary/aromatic N) is 2. The highest BCUT2D eigenvalue weighted by Gasteiger charge is 2.24. The van der Waals surface area contributed by atoms with Crippen LogP contribution in [0.3, 0.4) is 0 Å². The smallest absolute Gasteiger partial charge is 0.160 e. The average Bonchev–Trinajstić information content (AvgIpc) is 3.79. The van der Waals surface area contributed by atoms with Crippen molar-refractivity contribution in [3.63, 3.8) is 0 Å². The Bertz CT molecular complexity index is 3080. The Labute approximate surface area is 325 Å². The minimum atomic E-state index is -0.146. The maximum Gasteiger partial charge on any atom is 0.160 e. The number of nitrogens with one attached hydrogen (secondary N) is 2. The lowest BCUT2D eigenvalue weighted by atomic mass is 9.97. The van der Waals surface area contributed by atoms with Gasteiger partial charge in [0.25, 0.3) is 0 Å². The molecule has 8 aromatic carbocycles. The van der Waals surface area contributed by atoms with Crippen LogP contribution < -0.4 is 10.6 Å². The summed E-state index contributed by atoms with van der Waals surface area (Å²) in [6.45, 7) is 0. The van der Waals surface area contributed by atoms with E-state index in [2.05, 4.69) is 226 Å². The maximum atomic E-state index is 3.93. The van der Waals surface area contributed by atoms with Gasteiger partial charge in [0.1, 0.15) is 0 Å². The van der Waals surface area contributed by atoms with Crippen LogP contribution in [0.4, 0.5) is 0 Å². The summed E-state index contributed by atoms with van der Waals surface area (Å²) in [6.07, 6.45) is 4.17. The fraction of sp³-hybridized carbons (Fsp3) is 0.0385. The number of rotatable bonds is 6. The summed E-state index contributed by atoms with van der Waals surface area (Å²) in [4.78, 5) is 0. The van der Waals surface area contributed by atoms with Crippen LogP contribution in [0.5, 0.6) is 0 Å². The van der Waals surface area contributed by atoms with Crippen molar-refractivity contribution in [2.24, 2.45) is 0 Å². The summed E-state index contributed by atoms with van der Waals surface area (Å²) in [7, 11) is 0. The molecule has 2 aromatic heterocycles. The van der Waals surface area contributed by atoms with E-state index in [0.29, 0.717) is 0 Å². The van der Waals surface area contributed by atoms with Crippen molar-refractivity contribution in [2.45, 2.75) is 12.3 Å². The molecule has 2 atom stereocenters. The zero-order chi connectivity index (χ0) is 37.0. The Morgan fingerprint density at radius 1 is 0.375 bits per heavy atom. The molecule has 2 N–H and O–H groups in total. The number of hydrogen-bond acceptors (Lipinski definition) is 2. The first-order valence-electron chi connectivity index (χ1n) is 19.3. The molecule has 10 aromatic rings. The van der Waals surface area contributed by atoms with Crippen molar-refractivity contribution in [1.82, 2.24) is 19.8 Å². The molecule has 56 heavy (non-hydrogen) atoms. The molecule has 4 nitrogen and oxygen atoms in total. The molecule has 0 fully saturated rings. The summed E-state index contributed by atoms with van der Waals surface area (Å²) in [5, 5.41) is 12.6. The van der Waals surface area contributed by atoms with Gasteiger partial charge in [-0.15, -0.1) is 0 Å². The highest BCUT2D eigenvalue weighted by molar-refractivity contribution is 6.12. The van der Waals surface area contributed by atoms with E-state index in [-0.39, 0.29) is 12.3 Å². The molecule has 0 amide bonds. The number of fused-ring (bicyclic) bond motifs is 6. The standard InChI is InChI=1S/C52H38N4/c1-3-12-35(13-4-1)36-22-24-37(25-23-36)38-14-11-15-41(32-38)47-30-31-53-52(54-47)56-49-21-10-8-19-44(49)46-34-40(27-29-51(46)56)39-26-28-50-45(33-39)43-18-7-9-20-48(43)55(50)42-16-5-2-6-17-42/h1-34,47,52-54H. The van der Waals surface area contributed by atoms with Gasteiger partial charge < -0.3 is 14.5 Å². The largest absolute Gasteiger partial charge is 0.359 e. The van der Waals surface area contributed by atoms with Gasteiger partial charge in [-0.25, -0.2) is 0 Å². The molecular formula is C52H38N4.